The van der Waals surface area contributed by atoms with Gasteiger partial charge in [0, 0.05) is 5.69 Å². The molecule has 7 nitrogen and oxygen atoms in total. The van der Waals surface area contributed by atoms with E-state index in [4.69, 9.17) is 4.42 Å². The van der Waals surface area contributed by atoms with Gasteiger partial charge in [0.2, 0.25) is 0 Å². The zero-order valence-corrected chi connectivity index (χ0v) is 13.1. The summed E-state index contributed by atoms with van der Waals surface area (Å²) in [6.07, 6.45) is -3.26. The van der Waals surface area contributed by atoms with Gasteiger partial charge in [0.05, 0.1) is 11.8 Å². The average molecular weight is 370 g/mol. The van der Waals surface area contributed by atoms with E-state index < -0.39 is 42.7 Å². The first-order chi connectivity index (χ1) is 12.3. The Hall–Kier alpha value is -3.30. The Kier molecular flexibility index (Phi) is 5.99. The lowest BCUT2D eigenvalue weighted by molar-refractivity contribution is -0.146. The van der Waals surface area contributed by atoms with E-state index in [1.165, 1.54) is 24.5 Å². The van der Waals surface area contributed by atoms with Crippen LogP contribution in [0.15, 0.2) is 47.1 Å². The zero-order chi connectivity index (χ0) is 19.2. The van der Waals surface area contributed by atoms with Crippen molar-refractivity contribution in [2.24, 2.45) is 0 Å². The van der Waals surface area contributed by atoms with Gasteiger partial charge < -0.3 is 19.8 Å². The number of nitrogens with one attached hydrogen (secondary N) is 2. The number of benzene rings is 1. The molecule has 1 aromatic heterocycles. The Balaban J connectivity index is 1.76. The SMILES string of the molecule is O=C(COC(=O)CNC(=O)c1ccco1)Nc1cccc(C(F)(F)F)c1. The number of hydrogen-bond donors (Lipinski definition) is 2. The molecule has 2 amide bonds. The highest BCUT2D eigenvalue weighted by molar-refractivity contribution is 5.95. The lowest BCUT2D eigenvalue weighted by Crippen LogP contribution is -2.32. The van der Waals surface area contributed by atoms with Crippen molar-refractivity contribution in [3.05, 3.63) is 54.0 Å². The smallest absolute Gasteiger partial charge is 0.416 e. The van der Waals surface area contributed by atoms with Crippen molar-refractivity contribution in [2.45, 2.75) is 6.18 Å². The second-order valence-electron chi connectivity index (χ2n) is 4.95. The van der Waals surface area contributed by atoms with Gasteiger partial charge >= 0.3 is 12.1 Å². The second kappa shape index (κ2) is 8.19. The number of furan rings is 1. The normalized spacial score (nSPS) is 10.9. The van der Waals surface area contributed by atoms with Gasteiger partial charge in [0.1, 0.15) is 6.54 Å². The predicted octanol–water partition coefficient (Wildman–Crippen LogP) is 2.21. The fraction of sp³-hybridized carbons (Fsp3) is 0.188. The third kappa shape index (κ3) is 5.65. The first kappa shape index (κ1) is 19.0. The topological polar surface area (TPSA) is 97.6 Å². The van der Waals surface area contributed by atoms with Crippen LogP contribution in [0.25, 0.3) is 0 Å². The summed E-state index contributed by atoms with van der Waals surface area (Å²) in [5.41, 5.74) is -1.01. The van der Waals surface area contributed by atoms with Crippen LogP contribution in [0, 0.1) is 0 Å². The molecule has 0 spiro atoms. The van der Waals surface area contributed by atoms with Gasteiger partial charge in [-0.05, 0) is 30.3 Å². The Morgan fingerprint density at radius 1 is 1.12 bits per heavy atom. The molecule has 0 aliphatic rings. The van der Waals surface area contributed by atoms with Crippen LogP contribution in [0.5, 0.6) is 0 Å². The highest BCUT2D eigenvalue weighted by Crippen LogP contribution is 2.30. The molecule has 0 bridgehead atoms. The molecule has 0 fully saturated rings. The summed E-state index contributed by atoms with van der Waals surface area (Å²) in [5.74, 6) is -2.36. The van der Waals surface area contributed by atoms with E-state index >= 15 is 0 Å². The molecule has 0 saturated heterocycles. The van der Waals surface area contributed by atoms with Gasteiger partial charge in [-0.2, -0.15) is 13.2 Å². The monoisotopic (exact) mass is 370 g/mol. The van der Waals surface area contributed by atoms with E-state index in [1.807, 2.05) is 0 Å². The summed E-state index contributed by atoms with van der Waals surface area (Å²) in [6, 6.07) is 6.89. The second-order valence-corrected chi connectivity index (χ2v) is 4.95. The maximum absolute atomic E-state index is 12.6. The zero-order valence-electron chi connectivity index (χ0n) is 13.1. The average Bonchev–Trinajstić information content (AvgIpc) is 3.12. The minimum Gasteiger partial charge on any atom is -0.459 e. The van der Waals surface area contributed by atoms with Crippen LogP contribution in [-0.4, -0.2) is 30.9 Å². The molecule has 1 aromatic carbocycles. The van der Waals surface area contributed by atoms with Crippen molar-refractivity contribution in [1.29, 1.82) is 0 Å². The molecule has 1 heterocycles. The standard InChI is InChI=1S/C16H13F3N2O5/c17-16(18,19)10-3-1-4-11(7-10)21-13(22)9-26-14(23)8-20-15(24)12-5-2-6-25-12/h1-7H,8-9H2,(H,20,24)(H,21,22). The molecule has 0 atom stereocenters. The molecule has 2 N–H and O–H groups in total. The quantitative estimate of drug-likeness (QED) is 0.760. The van der Waals surface area contributed by atoms with Crippen LogP contribution in [0.2, 0.25) is 0 Å². The van der Waals surface area contributed by atoms with Gasteiger partial charge in [-0.25, -0.2) is 0 Å². The number of carbonyl (C=O) groups is 3. The van der Waals surface area contributed by atoms with Gasteiger partial charge in [-0.1, -0.05) is 6.07 Å². The van der Waals surface area contributed by atoms with Crippen molar-refractivity contribution in [3.8, 4) is 0 Å². The Morgan fingerprint density at radius 3 is 2.54 bits per heavy atom. The molecule has 0 aliphatic heterocycles. The number of rotatable bonds is 6. The summed E-state index contributed by atoms with van der Waals surface area (Å²) in [6.45, 7) is -1.22. The van der Waals surface area contributed by atoms with E-state index in [2.05, 4.69) is 15.4 Å². The summed E-state index contributed by atoms with van der Waals surface area (Å²) >= 11 is 0. The van der Waals surface area contributed by atoms with Gasteiger partial charge in [-0.15, -0.1) is 0 Å². The molecule has 0 unspecified atom stereocenters. The molecule has 0 saturated carbocycles. The number of esters is 1. The minimum absolute atomic E-state index is 0.0000829. The van der Waals surface area contributed by atoms with Crippen LogP contribution >= 0.6 is 0 Å². The first-order valence-corrected chi connectivity index (χ1v) is 7.20. The summed E-state index contributed by atoms with van der Waals surface area (Å²) < 4.78 is 47.2. The lowest BCUT2D eigenvalue weighted by Gasteiger charge is -2.10. The molecule has 0 aliphatic carbocycles. The van der Waals surface area contributed by atoms with Crippen LogP contribution in [0.4, 0.5) is 18.9 Å². The summed E-state index contributed by atoms with van der Waals surface area (Å²) in [7, 11) is 0. The number of ether oxygens (including phenoxy) is 1. The third-order valence-corrected chi connectivity index (χ3v) is 2.98. The van der Waals surface area contributed by atoms with Crippen molar-refractivity contribution in [2.75, 3.05) is 18.5 Å². The number of alkyl halides is 3. The third-order valence-electron chi connectivity index (χ3n) is 2.98. The molecular weight excluding hydrogens is 357 g/mol. The van der Waals surface area contributed by atoms with Crippen molar-refractivity contribution >= 4 is 23.5 Å². The van der Waals surface area contributed by atoms with E-state index in [1.54, 1.807) is 0 Å². The fourth-order valence-electron chi connectivity index (χ4n) is 1.81. The molecular formula is C16H13F3N2O5. The van der Waals surface area contributed by atoms with E-state index in [-0.39, 0.29) is 11.4 Å². The van der Waals surface area contributed by atoms with E-state index in [9.17, 15) is 27.6 Å². The highest BCUT2D eigenvalue weighted by Gasteiger charge is 2.30. The van der Waals surface area contributed by atoms with Crippen LogP contribution in [0.1, 0.15) is 16.1 Å². The Morgan fingerprint density at radius 2 is 1.88 bits per heavy atom. The van der Waals surface area contributed by atoms with Gasteiger partial charge in [0.15, 0.2) is 12.4 Å². The Bertz CT molecular complexity index is 787. The highest BCUT2D eigenvalue weighted by atomic mass is 19.4. The van der Waals surface area contributed by atoms with E-state index in [0.29, 0.717) is 0 Å². The van der Waals surface area contributed by atoms with Crippen LogP contribution < -0.4 is 10.6 Å². The lowest BCUT2D eigenvalue weighted by atomic mass is 10.2. The number of amides is 2. The minimum atomic E-state index is -4.54. The van der Waals surface area contributed by atoms with Crippen molar-refractivity contribution in [1.82, 2.24) is 5.32 Å². The first-order valence-electron chi connectivity index (χ1n) is 7.20. The molecule has 0 radical (unpaired) electrons. The van der Waals surface area contributed by atoms with Gasteiger partial charge in [-0.3, -0.25) is 14.4 Å². The number of carbonyl (C=O) groups excluding carboxylic acids is 3. The molecule has 26 heavy (non-hydrogen) atoms. The number of anilines is 1. The Labute approximate surface area is 145 Å². The maximum atomic E-state index is 12.6. The van der Waals surface area contributed by atoms with Crippen molar-refractivity contribution in [3.63, 3.8) is 0 Å². The summed E-state index contributed by atoms with van der Waals surface area (Å²) in [4.78, 5) is 34.6. The van der Waals surface area contributed by atoms with Gasteiger partial charge in [0.25, 0.3) is 11.8 Å². The molecule has 138 valence electrons. The van der Waals surface area contributed by atoms with Crippen molar-refractivity contribution < 1.29 is 36.7 Å². The molecule has 10 heteroatoms. The van der Waals surface area contributed by atoms with Crippen LogP contribution in [0.3, 0.4) is 0 Å². The van der Waals surface area contributed by atoms with Crippen LogP contribution in [-0.2, 0) is 20.5 Å². The molecule has 2 aromatic rings. The maximum Gasteiger partial charge on any atom is 0.416 e. The number of halogens is 3. The number of hydrogen-bond acceptors (Lipinski definition) is 5. The predicted molar refractivity (Wildman–Crippen MR) is 82.1 cm³/mol. The fourth-order valence-corrected chi connectivity index (χ4v) is 1.81. The largest absolute Gasteiger partial charge is 0.459 e. The summed E-state index contributed by atoms with van der Waals surface area (Å²) in [5, 5.41) is 4.40. The van der Waals surface area contributed by atoms with E-state index in [0.717, 1.165) is 18.2 Å². The molecule has 2 rings (SSSR count).